The number of carbonyl (C=O) groups is 3. The topological polar surface area (TPSA) is 92.2 Å². The van der Waals surface area contributed by atoms with Crippen LogP contribution in [-0.4, -0.2) is 34.9 Å². The number of benzene rings is 2. The monoisotopic (exact) mass is 394 g/mol. The molecule has 1 atom stereocenters. The van der Waals surface area contributed by atoms with Gasteiger partial charge in [0.2, 0.25) is 11.8 Å². The van der Waals surface area contributed by atoms with E-state index in [1.165, 1.54) is 12.1 Å². The summed E-state index contributed by atoms with van der Waals surface area (Å²) in [6.07, 6.45) is 1.65. The minimum atomic E-state index is -0.962. The lowest BCUT2D eigenvalue weighted by atomic mass is 10.1. The van der Waals surface area contributed by atoms with Crippen LogP contribution in [0.15, 0.2) is 54.7 Å². The Bertz CT molecular complexity index is 1110. The van der Waals surface area contributed by atoms with Crippen molar-refractivity contribution in [3.8, 4) is 0 Å². The van der Waals surface area contributed by atoms with Crippen LogP contribution < -0.4 is 16.0 Å². The van der Waals surface area contributed by atoms with Crippen LogP contribution in [0.5, 0.6) is 0 Å². The maximum absolute atomic E-state index is 13.4. The van der Waals surface area contributed by atoms with Crippen molar-refractivity contribution in [2.75, 3.05) is 11.9 Å². The minimum Gasteiger partial charge on any atom is -0.354 e. The third-order valence-corrected chi connectivity index (χ3v) is 4.85. The summed E-state index contributed by atoms with van der Waals surface area (Å²) in [7, 11) is 0. The Hall–Kier alpha value is -3.68. The second-order valence-corrected chi connectivity index (χ2v) is 6.83. The van der Waals surface area contributed by atoms with Crippen LogP contribution >= 0.6 is 0 Å². The number of nitrogens with zero attached hydrogens (tertiary/aromatic N) is 1. The molecule has 7 nitrogen and oxygen atoms in total. The number of para-hydroxylation sites is 1. The molecule has 2 heterocycles. The molecule has 29 heavy (non-hydrogen) atoms. The van der Waals surface area contributed by atoms with Gasteiger partial charge in [-0.1, -0.05) is 12.1 Å². The molecule has 0 bridgehead atoms. The van der Waals surface area contributed by atoms with E-state index in [4.69, 9.17) is 0 Å². The third kappa shape index (κ3) is 3.96. The second-order valence-electron chi connectivity index (χ2n) is 6.83. The third-order valence-electron chi connectivity index (χ3n) is 4.85. The summed E-state index contributed by atoms with van der Waals surface area (Å²) in [6.45, 7) is 0.759. The van der Waals surface area contributed by atoms with Crippen molar-refractivity contribution in [1.29, 1.82) is 0 Å². The van der Waals surface area contributed by atoms with Gasteiger partial charge in [-0.25, -0.2) is 4.39 Å². The number of rotatable bonds is 5. The van der Waals surface area contributed by atoms with Gasteiger partial charge in [0.1, 0.15) is 11.9 Å². The van der Waals surface area contributed by atoms with Crippen molar-refractivity contribution in [3.63, 3.8) is 0 Å². The van der Waals surface area contributed by atoms with Gasteiger partial charge in [0.25, 0.3) is 5.91 Å². The van der Waals surface area contributed by atoms with Gasteiger partial charge >= 0.3 is 0 Å². The summed E-state index contributed by atoms with van der Waals surface area (Å²) >= 11 is 0. The molecule has 0 unspecified atom stereocenters. The van der Waals surface area contributed by atoms with E-state index in [2.05, 4.69) is 16.0 Å². The predicted molar refractivity (Wildman–Crippen MR) is 106 cm³/mol. The number of anilines is 1. The number of carbonyl (C=O) groups excluding carboxylic acids is 3. The molecule has 148 valence electrons. The molecule has 2 aromatic carbocycles. The molecule has 0 saturated heterocycles. The Balaban J connectivity index is 1.34. The first kappa shape index (κ1) is 18.7. The average molecular weight is 394 g/mol. The molecule has 8 heteroatoms. The number of amides is 3. The molecule has 0 radical (unpaired) electrons. The predicted octanol–water partition coefficient (Wildman–Crippen LogP) is 2.04. The van der Waals surface area contributed by atoms with E-state index in [1.54, 1.807) is 30.3 Å². The highest BCUT2D eigenvalue weighted by Crippen LogP contribution is 2.19. The summed E-state index contributed by atoms with van der Waals surface area (Å²) in [4.78, 5) is 36.9. The van der Waals surface area contributed by atoms with Gasteiger partial charge in [0.05, 0.1) is 23.2 Å². The average Bonchev–Trinajstić information content (AvgIpc) is 3.04. The Kier molecular flexibility index (Phi) is 4.99. The van der Waals surface area contributed by atoms with Gasteiger partial charge in [-0.2, -0.15) is 0 Å². The van der Waals surface area contributed by atoms with Gasteiger partial charge in [0, 0.05) is 19.3 Å². The maximum Gasteiger partial charge on any atom is 0.254 e. The molecular formula is C21H19FN4O3. The van der Waals surface area contributed by atoms with Gasteiger partial charge in [0.15, 0.2) is 0 Å². The molecule has 1 aliphatic rings. The number of halogens is 1. The molecule has 1 aliphatic heterocycles. The molecule has 3 amide bonds. The van der Waals surface area contributed by atoms with Crippen LogP contribution in [0.4, 0.5) is 10.1 Å². The SMILES string of the molecule is O=C(C[C@@H]1NC(=O)c2ccccc2NC1=O)NCCn1ccc2ccc(F)cc21. The van der Waals surface area contributed by atoms with Crippen molar-refractivity contribution in [3.05, 3.63) is 66.1 Å². The van der Waals surface area contributed by atoms with Crippen LogP contribution in [0.25, 0.3) is 10.9 Å². The van der Waals surface area contributed by atoms with E-state index in [9.17, 15) is 18.8 Å². The number of aromatic nitrogens is 1. The van der Waals surface area contributed by atoms with E-state index < -0.39 is 17.9 Å². The molecule has 0 saturated carbocycles. The molecular weight excluding hydrogens is 375 g/mol. The summed E-state index contributed by atoms with van der Waals surface area (Å²) in [5, 5.41) is 8.91. The van der Waals surface area contributed by atoms with Gasteiger partial charge in [-0.3, -0.25) is 14.4 Å². The van der Waals surface area contributed by atoms with E-state index >= 15 is 0 Å². The Morgan fingerprint density at radius 2 is 1.97 bits per heavy atom. The Morgan fingerprint density at radius 3 is 2.83 bits per heavy atom. The maximum atomic E-state index is 13.4. The zero-order chi connectivity index (χ0) is 20.4. The van der Waals surface area contributed by atoms with Crippen molar-refractivity contribution in [2.45, 2.75) is 19.0 Å². The van der Waals surface area contributed by atoms with Crippen LogP contribution in [0, 0.1) is 5.82 Å². The molecule has 1 aromatic heterocycles. The molecule has 4 rings (SSSR count). The van der Waals surface area contributed by atoms with E-state index in [0.717, 1.165) is 10.9 Å². The molecule has 3 N–H and O–H groups in total. The number of hydrogen-bond donors (Lipinski definition) is 3. The molecule has 0 fully saturated rings. The molecule has 3 aromatic rings. The summed E-state index contributed by atoms with van der Waals surface area (Å²) < 4.78 is 15.3. The standard InChI is InChI=1S/C21H19FN4O3/c22-14-6-5-13-7-9-26(18(13)11-14)10-8-23-19(27)12-17-21(29)24-16-4-2-1-3-15(16)20(28)25-17/h1-7,9,11,17H,8,10,12H2,(H,23,27)(H,24,29)(H,25,28)/t17-/m0/s1. The fourth-order valence-corrected chi connectivity index (χ4v) is 3.38. The summed E-state index contributed by atoms with van der Waals surface area (Å²) in [6, 6.07) is 12.1. The zero-order valence-electron chi connectivity index (χ0n) is 15.4. The van der Waals surface area contributed by atoms with E-state index in [-0.39, 0.29) is 18.1 Å². The van der Waals surface area contributed by atoms with Crippen LogP contribution in [0.1, 0.15) is 16.8 Å². The first-order chi connectivity index (χ1) is 14.0. The second kappa shape index (κ2) is 7.75. The van der Waals surface area contributed by atoms with Gasteiger partial charge in [-0.05, 0) is 41.8 Å². The van der Waals surface area contributed by atoms with Crippen molar-refractivity contribution in [2.24, 2.45) is 0 Å². The van der Waals surface area contributed by atoms with Gasteiger partial charge < -0.3 is 20.5 Å². The first-order valence-electron chi connectivity index (χ1n) is 9.23. The zero-order valence-corrected chi connectivity index (χ0v) is 15.4. The lowest BCUT2D eigenvalue weighted by Crippen LogP contribution is -2.44. The minimum absolute atomic E-state index is 0.174. The number of fused-ring (bicyclic) bond motifs is 2. The smallest absolute Gasteiger partial charge is 0.254 e. The molecule has 0 aliphatic carbocycles. The quantitative estimate of drug-likeness (QED) is 0.618. The Labute approximate surface area is 165 Å². The first-order valence-corrected chi connectivity index (χ1v) is 9.23. The highest BCUT2D eigenvalue weighted by Gasteiger charge is 2.29. The summed E-state index contributed by atoms with van der Waals surface area (Å²) in [5.74, 6) is -1.53. The summed E-state index contributed by atoms with van der Waals surface area (Å²) in [5.41, 5.74) is 1.52. The lowest BCUT2D eigenvalue weighted by molar-refractivity contribution is -0.125. The largest absolute Gasteiger partial charge is 0.354 e. The number of hydrogen-bond acceptors (Lipinski definition) is 3. The Morgan fingerprint density at radius 1 is 1.14 bits per heavy atom. The lowest BCUT2D eigenvalue weighted by Gasteiger charge is -2.14. The van der Waals surface area contributed by atoms with E-state index in [0.29, 0.717) is 24.3 Å². The fourth-order valence-electron chi connectivity index (χ4n) is 3.38. The van der Waals surface area contributed by atoms with Crippen molar-refractivity contribution >= 4 is 34.3 Å². The normalized spacial score (nSPS) is 16.0. The van der Waals surface area contributed by atoms with Crippen LogP contribution in [0.2, 0.25) is 0 Å². The fraction of sp³-hybridized carbons (Fsp3) is 0.190. The van der Waals surface area contributed by atoms with Gasteiger partial charge in [-0.15, -0.1) is 0 Å². The highest BCUT2D eigenvalue weighted by molar-refractivity contribution is 6.10. The van der Waals surface area contributed by atoms with Crippen molar-refractivity contribution < 1.29 is 18.8 Å². The highest BCUT2D eigenvalue weighted by atomic mass is 19.1. The van der Waals surface area contributed by atoms with Crippen LogP contribution in [-0.2, 0) is 16.1 Å². The van der Waals surface area contributed by atoms with Crippen molar-refractivity contribution in [1.82, 2.24) is 15.2 Å². The molecule has 0 spiro atoms. The number of nitrogens with one attached hydrogen (secondary N) is 3. The van der Waals surface area contributed by atoms with E-state index in [1.807, 2.05) is 16.8 Å². The van der Waals surface area contributed by atoms with Crippen LogP contribution in [0.3, 0.4) is 0 Å².